The lowest BCUT2D eigenvalue weighted by Crippen LogP contribution is -2.27. The molecule has 0 unspecified atom stereocenters. The maximum atomic E-state index is 13.1. The molecular weight excluding hydrogens is 343 g/mol. The maximum absolute atomic E-state index is 13.1. The van der Waals surface area contributed by atoms with Gasteiger partial charge in [0.05, 0.1) is 11.4 Å². The van der Waals surface area contributed by atoms with E-state index in [9.17, 15) is 17.6 Å². The summed E-state index contributed by atoms with van der Waals surface area (Å²) in [5.41, 5.74) is 1.71. The summed E-state index contributed by atoms with van der Waals surface area (Å²) >= 11 is 0. The number of rotatable bonds is 5. The van der Waals surface area contributed by atoms with Gasteiger partial charge in [0.2, 0.25) is 10.0 Å². The van der Waals surface area contributed by atoms with E-state index < -0.39 is 10.0 Å². The zero-order valence-corrected chi connectivity index (χ0v) is 14.4. The maximum Gasteiger partial charge on any atom is 0.251 e. The fourth-order valence-corrected chi connectivity index (χ4v) is 4.40. The second kappa shape index (κ2) is 7.23. The van der Waals surface area contributed by atoms with Crippen molar-refractivity contribution in [3.63, 3.8) is 0 Å². The second-order valence-corrected chi connectivity index (χ2v) is 7.94. The normalized spacial score (nSPS) is 16.0. The Morgan fingerprint density at radius 1 is 1.16 bits per heavy atom. The van der Waals surface area contributed by atoms with Crippen molar-refractivity contribution in [3.05, 3.63) is 65.5 Å². The largest absolute Gasteiger partial charge is 0.352 e. The van der Waals surface area contributed by atoms with Crippen LogP contribution in [0.25, 0.3) is 0 Å². The molecule has 1 heterocycles. The van der Waals surface area contributed by atoms with Crippen molar-refractivity contribution >= 4 is 21.6 Å². The molecule has 3 rings (SSSR count). The lowest BCUT2D eigenvalue weighted by molar-refractivity contribution is 0.0954. The Bertz CT molecular complexity index is 883. The molecule has 132 valence electrons. The Kier molecular flexibility index (Phi) is 5.03. The number of nitrogens with zero attached hydrogens (tertiary/aromatic N) is 1. The molecule has 1 aliphatic heterocycles. The van der Waals surface area contributed by atoms with Gasteiger partial charge in [0.1, 0.15) is 5.82 Å². The van der Waals surface area contributed by atoms with Gasteiger partial charge in [-0.25, -0.2) is 12.8 Å². The van der Waals surface area contributed by atoms with Gasteiger partial charge < -0.3 is 5.32 Å². The number of sulfonamides is 1. The summed E-state index contributed by atoms with van der Waals surface area (Å²) in [6.45, 7) is 0.807. The van der Waals surface area contributed by atoms with Crippen molar-refractivity contribution in [2.75, 3.05) is 23.1 Å². The highest BCUT2D eigenvalue weighted by Gasteiger charge is 2.28. The number of halogens is 1. The molecule has 0 saturated carbocycles. The van der Waals surface area contributed by atoms with E-state index in [4.69, 9.17) is 0 Å². The van der Waals surface area contributed by atoms with Crippen molar-refractivity contribution in [1.82, 2.24) is 5.32 Å². The first-order chi connectivity index (χ1) is 12.0. The number of anilines is 1. The Hall–Kier alpha value is -2.41. The summed E-state index contributed by atoms with van der Waals surface area (Å²) in [5.74, 6) is -0.449. The van der Waals surface area contributed by atoms with Crippen LogP contribution in [0.3, 0.4) is 0 Å². The second-order valence-electron chi connectivity index (χ2n) is 5.93. The number of carbonyl (C=O) groups is 1. The van der Waals surface area contributed by atoms with E-state index in [1.165, 1.54) is 16.4 Å². The van der Waals surface area contributed by atoms with E-state index >= 15 is 0 Å². The molecule has 1 fully saturated rings. The molecule has 1 saturated heterocycles. The standard InChI is InChI=1S/C18H19FN2O3S/c19-16-6-1-4-14(12-16)8-9-20-18(22)15-5-2-7-17(13-15)21-10-3-11-25(21,23)24/h1-2,4-7,12-13H,3,8-11H2,(H,20,22). The van der Waals surface area contributed by atoms with Crippen LogP contribution in [0.1, 0.15) is 22.3 Å². The SMILES string of the molecule is O=C(NCCc1cccc(F)c1)c1cccc(N2CCCS2(=O)=O)c1. The smallest absolute Gasteiger partial charge is 0.251 e. The van der Waals surface area contributed by atoms with E-state index in [0.717, 1.165) is 5.56 Å². The number of nitrogens with one attached hydrogen (secondary N) is 1. The molecule has 7 heteroatoms. The first-order valence-electron chi connectivity index (χ1n) is 8.09. The van der Waals surface area contributed by atoms with Crippen LogP contribution in [0.15, 0.2) is 48.5 Å². The molecule has 2 aromatic carbocycles. The lowest BCUT2D eigenvalue weighted by atomic mass is 10.1. The van der Waals surface area contributed by atoms with Gasteiger partial charge in [-0.3, -0.25) is 9.10 Å². The molecule has 0 atom stereocenters. The fourth-order valence-electron chi connectivity index (χ4n) is 2.85. The Balaban J connectivity index is 1.63. The van der Waals surface area contributed by atoms with Gasteiger partial charge in [0.25, 0.3) is 5.91 Å². The summed E-state index contributed by atoms with van der Waals surface area (Å²) in [6.07, 6.45) is 1.11. The van der Waals surface area contributed by atoms with Crippen LogP contribution < -0.4 is 9.62 Å². The monoisotopic (exact) mass is 362 g/mol. The van der Waals surface area contributed by atoms with Crippen molar-refractivity contribution in [2.45, 2.75) is 12.8 Å². The third-order valence-electron chi connectivity index (χ3n) is 4.08. The van der Waals surface area contributed by atoms with Crippen LogP contribution in [-0.2, 0) is 16.4 Å². The summed E-state index contributed by atoms with van der Waals surface area (Å²) in [6, 6.07) is 12.8. The molecule has 1 aliphatic rings. The minimum atomic E-state index is -3.27. The topological polar surface area (TPSA) is 66.5 Å². The molecule has 0 bridgehead atoms. The van der Waals surface area contributed by atoms with Crippen LogP contribution in [0.5, 0.6) is 0 Å². The first kappa shape index (κ1) is 17.4. The summed E-state index contributed by atoms with van der Waals surface area (Å²) in [7, 11) is -3.27. The third-order valence-corrected chi connectivity index (χ3v) is 5.95. The molecule has 25 heavy (non-hydrogen) atoms. The van der Waals surface area contributed by atoms with E-state index in [0.29, 0.717) is 37.2 Å². The van der Waals surface area contributed by atoms with Crippen LogP contribution in [0.2, 0.25) is 0 Å². The van der Waals surface area contributed by atoms with Gasteiger partial charge in [-0.1, -0.05) is 18.2 Å². The Morgan fingerprint density at radius 2 is 1.96 bits per heavy atom. The lowest BCUT2D eigenvalue weighted by Gasteiger charge is -2.17. The molecule has 1 N–H and O–H groups in total. The van der Waals surface area contributed by atoms with Crippen molar-refractivity contribution in [3.8, 4) is 0 Å². The highest BCUT2D eigenvalue weighted by Crippen LogP contribution is 2.24. The van der Waals surface area contributed by atoms with Crippen LogP contribution in [0.4, 0.5) is 10.1 Å². The molecule has 0 spiro atoms. The van der Waals surface area contributed by atoms with Gasteiger partial charge in [0.15, 0.2) is 0 Å². The summed E-state index contributed by atoms with van der Waals surface area (Å²) in [5, 5.41) is 2.78. The molecule has 0 radical (unpaired) electrons. The molecular formula is C18H19FN2O3S. The minimum Gasteiger partial charge on any atom is -0.352 e. The number of hydrogen-bond donors (Lipinski definition) is 1. The zero-order chi connectivity index (χ0) is 17.9. The predicted octanol–water partition coefficient (Wildman–Crippen LogP) is 2.34. The van der Waals surface area contributed by atoms with E-state index in [1.54, 1.807) is 36.4 Å². The number of benzene rings is 2. The molecule has 0 aliphatic carbocycles. The molecule has 1 amide bonds. The number of carbonyl (C=O) groups excluding carboxylic acids is 1. The van der Waals surface area contributed by atoms with Gasteiger partial charge >= 0.3 is 0 Å². The molecule has 5 nitrogen and oxygen atoms in total. The zero-order valence-electron chi connectivity index (χ0n) is 13.6. The Labute approximate surface area is 146 Å². The van der Waals surface area contributed by atoms with E-state index in [2.05, 4.69) is 5.32 Å². The van der Waals surface area contributed by atoms with E-state index in [-0.39, 0.29) is 17.5 Å². The fraction of sp³-hybridized carbons (Fsp3) is 0.278. The Morgan fingerprint density at radius 3 is 2.68 bits per heavy atom. The van der Waals surface area contributed by atoms with Crippen molar-refractivity contribution in [1.29, 1.82) is 0 Å². The average Bonchev–Trinajstić information content (AvgIpc) is 2.94. The predicted molar refractivity (Wildman–Crippen MR) is 94.6 cm³/mol. The van der Waals surface area contributed by atoms with Crippen LogP contribution in [0, 0.1) is 5.82 Å². The summed E-state index contributed by atoms with van der Waals surface area (Å²) in [4.78, 5) is 12.3. The summed E-state index contributed by atoms with van der Waals surface area (Å²) < 4.78 is 38.5. The highest BCUT2D eigenvalue weighted by atomic mass is 32.2. The molecule has 2 aromatic rings. The van der Waals surface area contributed by atoms with Gasteiger partial charge in [0, 0.05) is 18.7 Å². The average molecular weight is 362 g/mol. The number of amides is 1. The van der Waals surface area contributed by atoms with Gasteiger partial charge in [-0.05, 0) is 48.7 Å². The third kappa shape index (κ3) is 4.17. The van der Waals surface area contributed by atoms with Gasteiger partial charge in [-0.15, -0.1) is 0 Å². The van der Waals surface area contributed by atoms with Crippen molar-refractivity contribution < 1.29 is 17.6 Å². The number of hydrogen-bond acceptors (Lipinski definition) is 3. The first-order valence-corrected chi connectivity index (χ1v) is 9.70. The van der Waals surface area contributed by atoms with E-state index in [1.807, 2.05) is 0 Å². The minimum absolute atomic E-state index is 0.136. The molecule has 0 aromatic heterocycles. The highest BCUT2D eigenvalue weighted by molar-refractivity contribution is 7.93. The quantitative estimate of drug-likeness (QED) is 0.888. The van der Waals surface area contributed by atoms with Gasteiger partial charge in [-0.2, -0.15) is 0 Å². The van der Waals surface area contributed by atoms with Crippen LogP contribution >= 0.6 is 0 Å². The van der Waals surface area contributed by atoms with Crippen LogP contribution in [-0.4, -0.2) is 33.2 Å². The van der Waals surface area contributed by atoms with Crippen molar-refractivity contribution in [2.24, 2.45) is 0 Å².